The fourth-order valence-corrected chi connectivity index (χ4v) is 4.17. The van der Waals surface area contributed by atoms with Crippen LogP contribution in [-0.2, 0) is 4.79 Å². The van der Waals surface area contributed by atoms with Gasteiger partial charge in [0.05, 0.1) is 30.8 Å². The van der Waals surface area contributed by atoms with Crippen molar-refractivity contribution in [2.24, 2.45) is 0 Å². The number of ether oxygens (including phenoxy) is 2. The van der Waals surface area contributed by atoms with Crippen molar-refractivity contribution in [1.82, 2.24) is 5.32 Å². The molecule has 4 bridgehead atoms. The minimum absolute atomic E-state index is 0.0210. The lowest BCUT2D eigenvalue weighted by molar-refractivity contribution is -0.122. The summed E-state index contributed by atoms with van der Waals surface area (Å²) < 4.78 is 11.5. The third kappa shape index (κ3) is 3.97. The lowest BCUT2D eigenvalue weighted by atomic mass is 9.87. The Balaban J connectivity index is 1.91. The number of aliphatic hydroxyl groups is 3. The third-order valence-corrected chi connectivity index (χ3v) is 6.08. The van der Waals surface area contributed by atoms with Crippen LogP contribution in [0.5, 0.6) is 11.5 Å². The third-order valence-electron chi connectivity index (χ3n) is 5.69. The van der Waals surface area contributed by atoms with Crippen molar-refractivity contribution in [3.8, 4) is 35.2 Å². The standard InChI is InChI=1S/C24H22ClNO6/c1-31-18-9-8-16-17(27)13-21(29)26-12-11-14-3-2-4-20(32-23(18)22(16)25)24(30)15(6-5-14)7-10-19(24)28/h7-9,11,17,19-20,27-28,30H,3,10,12-13H2,1H3,(H,26,29)/b14-11+/t17-,19-,20-,24+/m1/s1. The van der Waals surface area contributed by atoms with Crippen LogP contribution in [0.4, 0.5) is 0 Å². The van der Waals surface area contributed by atoms with Crippen molar-refractivity contribution in [3.63, 3.8) is 0 Å². The molecule has 8 heteroatoms. The Morgan fingerprint density at radius 1 is 1.28 bits per heavy atom. The summed E-state index contributed by atoms with van der Waals surface area (Å²) in [4.78, 5) is 12.3. The summed E-state index contributed by atoms with van der Waals surface area (Å²) in [5.41, 5.74) is -0.685. The molecular formula is C24H22ClNO6. The van der Waals surface area contributed by atoms with Crippen molar-refractivity contribution in [2.45, 2.75) is 43.2 Å². The number of allylic oxidation sites excluding steroid dienone is 1. The minimum Gasteiger partial charge on any atom is -0.493 e. The molecule has 3 aliphatic rings. The summed E-state index contributed by atoms with van der Waals surface area (Å²) >= 11 is 6.56. The summed E-state index contributed by atoms with van der Waals surface area (Å²) in [6, 6.07) is 3.09. The number of hydrogen-bond acceptors (Lipinski definition) is 6. The van der Waals surface area contributed by atoms with E-state index in [1.807, 2.05) is 0 Å². The zero-order valence-corrected chi connectivity index (χ0v) is 18.1. The molecule has 4 rings (SSSR count). The number of rotatable bonds is 1. The second-order valence-electron chi connectivity index (χ2n) is 7.69. The number of methoxy groups -OCH3 is 1. The summed E-state index contributed by atoms with van der Waals surface area (Å²) in [5.74, 6) is 11.7. The van der Waals surface area contributed by atoms with E-state index in [1.165, 1.54) is 7.11 Å². The molecule has 1 amide bonds. The molecule has 0 unspecified atom stereocenters. The maximum atomic E-state index is 12.3. The number of halogens is 1. The van der Waals surface area contributed by atoms with Gasteiger partial charge in [-0.25, -0.2) is 0 Å². The Morgan fingerprint density at radius 3 is 2.88 bits per heavy atom. The van der Waals surface area contributed by atoms with Gasteiger partial charge in [-0.05, 0) is 12.5 Å². The first kappa shape index (κ1) is 22.3. The Morgan fingerprint density at radius 2 is 2.09 bits per heavy atom. The number of aliphatic hydroxyl groups excluding tert-OH is 2. The van der Waals surface area contributed by atoms with Crippen LogP contribution in [0.3, 0.4) is 0 Å². The molecule has 0 saturated heterocycles. The summed E-state index contributed by atoms with van der Waals surface area (Å²) in [6.45, 7) is 0.199. The molecule has 0 spiro atoms. The maximum Gasteiger partial charge on any atom is 0.223 e. The Labute approximate surface area is 190 Å². The molecular weight excluding hydrogens is 434 g/mol. The van der Waals surface area contributed by atoms with Gasteiger partial charge >= 0.3 is 0 Å². The van der Waals surface area contributed by atoms with E-state index in [0.29, 0.717) is 11.1 Å². The van der Waals surface area contributed by atoms with Crippen molar-refractivity contribution < 1.29 is 29.6 Å². The minimum atomic E-state index is -1.89. The molecule has 0 radical (unpaired) electrons. The molecule has 1 aliphatic heterocycles. The largest absolute Gasteiger partial charge is 0.493 e. The molecule has 32 heavy (non-hydrogen) atoms. The number of amides is 1. The zero-order valence-electron chi connectivity index (χ0n) is 17.3. The topological polar surface area (TPSA) is 108 Å². The van der Waals surface area contributed by atoms with E-state index >= 15 is 0 Å². The van der Waals surface area contributed by atoms with E-state index in [0.717, 1.165) is 0 Å². The number of fused-ring (bicyclic) bond motifs is 7. The van der Waals surface area contributed by atoms with E-state index in [1.54, 1.807) is 24.3 Å². The Kier molecular flexibility index (Phi) is 6.19. The monoisotopic (exact) mass is 455 g/mol. The smallest absolute Gasteiger partial charge is 0.223 e. The molecule has 1 heterocycles. The van der Waals surface area contributed by atoms with Crippen LogP contribution in [0.1, 0.15) is 30.9 Å². The van der Waals surface area contributed by atoms with Gasteiger partial charge in [0.1, 0.15) is 0 Å². The van der Waals surface area contributed by atoms with Gasteiger partial charge in [-0.1, -0.05) is 53.5 Å². The Hall–Kier alpha value is -2.94. The van der Waals surface area contributed by atoms with Crippen LogP contribution >= 0.6 is 11.6 Å². The van der Waals surface area contributed by atoms with E-state index in [9.17, 15) is 20.1 Å². The van der Waals surface area contributed by atoms with Crippen molar-refractivity contribution >= 4 is 17.5 Å². The number of carbonyl (C=O) groups excluding carboxylic acids is 1. The first-order valence-corrected chi connectivity index (χ1v) is 10.5. The second kappa shape index (κ2) is 8.90. The highest BCUT2D eigenvalue weighted by Crippen LogP contribution is 2.44. The van der Waals surface area contributed by atoms with Gasteiger partial charge in [0.15, 0.2) is 23.2 Å². The molecule has 1 aromatic carbocycles. The molecule has 0 saturated carbocycles. The molecule has 4 N–H and O–H groups in total. The quantitative estimate of drug-likeness (QED) is 0.477. The van der Waals surface area contributed by atoms with E-state index in [-0.39, 0.29) is 53.8 Å². The normalized spacial score (nSPS) is 30.7. The van der Waals surface area contributed by atoms with Gasteiger partial charge in [0.2, 0.25) is 5.91 Å². The maximum absolute atomic E-state index is 12.3. The average molecular weight is 456 g/mol. The second-order valence-corrected chi connectivity index (χ2v) is 8.07. The van der Waals surface area contributed by atoms with Crippen LogP contribution in [0.25, 0.3) is 0 Å². The van der Waals surface area contributed by atoms with Crippen molar-refractivity contribution in [2.75, 3.05) is 13.7 Å². The summed E-state index contributed by atoms with van der Waals surface area (Å²) in [5, 5.41) is 35.5. The molecule has 4 atom stereocenters. The van der Waals surface area contributed by atoms with Crippen LogP contribution in [0.15, 0.2) is 35.4 Å². The van der Waals surface area contributed by atoms with E-state index in [2.05, 4.69) is 29.0 Å². The molecule has 166 valence electrons. The highest BCUT2D eigenvalue weighted by molar-refractivity contribution is 6.33. The predicted octanol–water partition coefficient (Wildman–Crippen LogP) is 1.41. The van der Waals surface area contributed by atoms with E-state index in [4.69, 9.17) is 21.1 Å². The fraction of sp³-hybridized carbons (Fsp3) is 0.375. The fourth-order valence-electron chi connectivity index (χ4n) is 3.85. The van der Waals surface area contributed by atoms with Gasteiger partial charge in [-0.15, -0.1) is 0 Å². The molecule has 2 aliphatic carbocycles. The number of benzene rings is 1. The highest BCUT2D eigenvalue weighted by atomic mass is 35.5. The van der Waals surface area contributed by atoms with Gasteiger partial charge in [0.25, 0.3) is 0 Å². The lowest BCUT2D eigenvalue weighted by Crippen LogP contribution is -2.52. The van der Waals surface area contributed by atoms with Crippen molar-refractivity contribution in [3.05, 3.63) is 46.0 Å². The summed E-state index contributed by atoms with van der Waals surface area (Å²) in [7, 11) is 1.42. The molecule has 0 fully saturated rings. The highest BCUT2D eigenvalue weighted by Gasteiger charge is 2.51. The number of nitrogens with one attached hydrogen (secondary N) is 1. The van der Waals surface area contributed by atoms with Gasteiger partial charge in [-0.2, -0.15) is 0 Å². The molecule has 7 nitrogen and oxygen atoms in total. The van der Waals surface area contributed by atoms with Gasteiger partial charge < -0.3 is 30.1 Å². The molecule has 1 aromatic rings. The van der Waals surface area contributed by atoms with Crippen LogP contribution < -0.4 is 14.8 Å². The predicted molar refractivity (Wildman–Crippen MR) is 117 cm³/mol. The van der Waals surface area contributed by atoms with Crippen LogP contribution in [-0.4, -0.2) is 52.7 Å². The summed E-state index contributed by atoms with van der Waals surface area (Å²) in [6.07, 6.45) is 0.0111. The Bertz CT molecular complexity index is 1130. The van der Waals surface area contributed by atoms with Gasteiger partial charge in [0, 0.05) is 29.7 Å². The molecule has 0 aromatic heterocycles. The number of carbonyl (C=O) groups is 1. The average Bonchev–Trinajstić information content (AvgIpc) is 3.07. The lowest BCUT2D eigenvalue weighted by Gasteiger charge is -2.34. The first-order valence-electron chi connectivity index (χ1n) is 10.1. The van der Waals surface area contributed by atoms with Crippen molar-refractivity contribution in [1.29, 1.82) is 0 Å². The first-order chi connectivity index (χ1) is 15.3. The van der Waals surface area contributed by atoms with Crippen LogP contribution in [0, 0.1) is 23.7 Å². The van der Waals surface area contributed by atoms with Gasteiger partial charge in [-0.3, -0.25) is 4.79 Å². The van der Waals surface area contributed by atoms with Crippen LogP contribution in [0.2, 0.25) is 5.02 Å². The SMILES string of the molecule is COc1ccc2c(Cl)c1O[C@@H]1C#CC/C(=C\CNC(=O)C[C@H]2O)C#CC2=CC[C@@H](O)[C@@]21O. The zero-order chi connectivity index (χ0) is 22.9. The number of hydrogen-bond donors (Lipinski definition) is 4. The van der Waals surface area contributed by atoms with E-state index < -0.39 is 23.9 Å².